The molecule has 8 heteroatoms. The molecule has 0 saturated heterocycles. The summed E-state index contributed by atoms with van der Waals surface area (Å²) in [7, 11) is 4.39. The molecule has 0 unspecified atom stereocenters. The summed E-state index contributed by atoms with van der Waals surface area (Å²) in [5.41, 5.74) is -0.397. The third-order valence-electron chi connectivity index (χ3n) is 3.44. The van der Waals surface area contributed by atoms with Gasteiger partial charge in [-0.05, 0) is 6.07 Å². The number of anilines is 1. The number of hydrogen-bond acceptors (Lipinski definition) is 6. The topological polar surface area (TPSA) is 102 Å². The van der Waals surface area contributed by atoms with Crippen molar-refractivity contribution in [1.29, 1.82) is 5.26 Å². The summed E-state index contributed by atoms with van der Waals surface area (Å²) in [6.45, 7) is 0.412. The highest BCUT2D eigenvalue weighted by Crippen LogP contribution is 2.09. The lowest BCUT2D eigenvalue weighted by molar-refractivity contribution is 0.396. The fourth-order valence-electron chi connectivity index (χ4n) is 2.17. The molecule has 0 fully saturated rings. The van der Waals surface area contributed by atoms with Gasteiger partial charge in [-0.15, -0.1) is 0 Å². The van der Waals surface area contributed by atoms with Crippen LogP contribution in [0.4, 0.5) is 5.82 Å². The second-order valence-corrected chi connectivity index (χ2v) is 4.89. The van der Waals surface area contributed by atoms with Crippen molar-refractivity contribution in [3.05, 3.63) is 50.3 Å². The Labute approximate surface area is 132 Å². The zero-order valence-electron chi connectivity index (χ0n) is 13.2. The molecule has 0 aliphatic rings. The molecule has 0 amide bonds. The molecule has 8 nitrogen and oxygen atoms in total. The minimum absolute atomic E-state index is 0.0896. The molecule has 2 heterocycles. The third kappa shape index (κ3) is 3.23. The van der Waals surface area contributed by atoms with Gasteiger partial charge in [0.05, 0.1) is 7.11 Å². The van der Waals surface area contributed by atoms with Gasteiger partial charge in [0.1, 0.15) is 11.9 Å². The van der Waals surface area contributed by atoms with Gasteiger partial charge in [0.15, 0.2) is 5.56 Å². The van der Waals surface area contributed by atoms with E-state index in [-0.39, 0.29) is 11.4 Å². The van der Waals surface area contributed by atoms with Crippen molar-refractivity contribution in [1.82, 2.24) is 14.1 Å². The summed E-state index contributed by atoms with van der Waals surface area (Å²) < 4.78 is 7.21. The standard InChI is InChI=1S/C15H17N5O3/c1-19-13(11(9-16)14(21)20(2)15(19)22)17-8-7-10-5-4-6-12(18-10)23-3/h4-6,17H,7-8H2,1-3H3. The van der Waals surface area contributed by atoms with Crippen LogP contribution in [0.2, 0.25) is 0 Å². The van der Waals surface area contributed by atoms with Crippen LogP contribution in [-0.2, 0) is 20.5 Å². The molecule has 0 saturated carbocycles. The average Bonchev–Trinajstić information content (AvgIpc) is 2.58. The first kappa shape index (κ1) is 16.3. The molecule has 0 aromatic carbocycles. The fraction of sp³-hybridized carbons (Fsp3) is 0.333. The number of pyridine rings is 1. The van der Waals surface area contributed by atoms with Crippen molar-refractivity contribution in [2.75, 3.05) is 19.0 Å². The van der Waals surface area contributed by atoms with Crippen molar-refractivity contribution in [3.8, 4) is 11.9 Å². The molecule has 0 spiro atoms. The minimum Gasteiger partial charge on any atom is -0.481 e. The highest BCUT2D eigenvalue weighted by Gasteiger charge is 2.14. The normalized spacial score (nSPS) is 10.2. The Kier molecular flexibility index (Phi) is 4.81. The predicted molar refractivity (Wildman–Crippen MR) is 84.6 cm³/mol. The molecule has 2 rings (SSSR count). The van der Waals surface area contributed by atoms with E-state index in [2.05, 4.69) is 10.3 Å². The van der Waals surface area contributed by atoms with Gasteiger partial charge < -0.3 is 10.1 Å². The molecular formula is C15H17N5O3. The number of rotatable bonds is 5. The van der Waals surface area contributed by atoms with E-state index < -0.39 is 11.2 Å². The quantitative estimate of drug-likeness (QED) is 0.834. The average molecular weight is 315 g/mol. The molecule has 0 aliphatic carbocycles. The number of nitriles is 1. The van der Waals surface area contributed by atoms with Crippen LogP contribution in [-0.4, -0.2) is 27.8 Å². The summed E-state index contributed by atoms with van der Waals surface area (Å²) in [6, 6.07) is 7.27. The van der Waals surface area contributed by atoms with E-state index in [1.54, 1.807) is 13.2 Å². The van der Waals surface area contributed by atoms with E-state index >= 15 is 0 Å². The second kappa shape index (κ2) is 6.79. The highest BCUT2D eigenvalue weighted by molar-refractivity contribution is 5.51. The van der Waals surface area contributed by atoms with Crippen LogP contribution in [0.15, 0.2) is 27.8 Å². The summed E-state index contributed by atoms with van der Waals surface area (Å²) >= 11 is 0. The van der Waals surface area contributed by atoms with Crippen LogP contribution in [0.1, 0.15) is 11.3 Å². The maximum absolute atomic E-state index is 12.0. The molecule has 23 heavy (non-hydrogen) atoms. The fourth-order valence-corrected chi connectivity index (χ4v) is 2.17. The smallest absolute Gasteiger partial charge is 0.332 e. The van der Waals surface area contributed by atoms with Crippen molar-refractivity contribution in [3.63, 3.8) is 0 Å². The van der Waals surface area contributed by atoms with E-state index in [1.807, 2.05) is 18.2 Å². The van der Waals surface area contributed by atoms with Gasteiger partial charge in [-0.25, -0.2) is 9.78 Å². The van der Waals surface area contributed by atoms with Crippen molar-refractivity contribution in [2.24, 2.45) is 14.1 Å². The van der Waals surface area contributed by atoms with E-state index in [4.69, 9.17) is 4.74 Å². The number of ether oxygens (including phenoxy) is 1. The molecule has 0 bridgehead atoms. The van der Waals surface area contributed by atoms with Gasteiger partial charge in [0.25, 0.3) is 5.56 Å². The molecule has 0 radical (unpaired) electrons. The number of nitrogens with zero attached hydrogens (tertiary/aromatic N) is 4. The number of methoxy groups -OCH3 is 1. The van der Waals surface area contributed by atoms with Gasteiger partial charge >= 0.3 is 5.69 Å². The second-order valence-electron chi connectivity index (χ2n) is 4.89. The molecule has 2 aromatic rings. The van der Waals surface area contributed by atoms with Crippen LogP contribution in [0.5, 0.6) is 5.88 Å². The molecule has 120 valence electrons. The Morgan fingerprint density at radius 1 is 1.30 bits per heavy atom. The summed E-state index contributed by atoms with van der Waals surface area (Å²) in [5.74, 6) is 0.727. The largest absolute Gasteiger partial charge is 0.481 e. The minimum atomic E-state index is -0.613. The lowest BCUT2D eigenvalue weighted by atomic mass is 10.2. The van der Waals surface area contributed by atoms with E-state index in [0.717, 1.165) is 10.3 Å². The van der Waals surface area contributed by atoms with Crippen molar-refractivity contribution < 1.29 is 4.74 Å². The van der Waals surface area contributed by atoms with E-state index in [0.29, 0.717) is 18.8 Å². The van der Waals surface area contributed by atoms with Crippen LogP contribution >= 0.6 is 0 Å². The lowest BCUT2D eigenvalue weighted by Crippen LogP contribution is -2.40. The Morgan fingerprint density at radius 2 is 2.04 bits per heavy atom. The van der Waals surface area contributed by atoms with Gasteiger partial charge in [0.2, 0.25) is 5.88 Å². The first-order valence-electron chi connectivity index (χ1n) is 6.93. The first-order valence-corrected chi connectivity index (χ1v) is 6.93. The van der Waals surface area contributed by atoms with Crippen molar-refractivity contribution >= 4 is 5.82 Å². The number of aromatic nitrogens is 3. The van der Waals surface area contributed by atoms with Crippen LogP contribution < -0.4 is 21.3 Å². The molecule has 0 atom stereocenters. The number of nitrogens with one attached hydrogen (secondary N) is 1. The monoisotopic (exact) mass is 315 g/mol. The zero-order valence-corrected chi connectivity index (χ0v) is 13.2. The van der Waals surface area contributed by atoms with E-state index in [9.17, 15) is 14.9 Å². The van der Waals surface area contributed by atoms with Gasteiger partial charge in [-0.2, -0.15) is 5.26 Å². The Balaban J connectivity index is 2.23. The van der Waals surface area contributed by atoms with Crippen LogP contribution in [0.25, 0.3) is 0 Å². The lowest BCUT2D eigenvalue weighted by Gasteiger charge is -2.13. The van der Waals surface area contributed by atoms with Gasteiger partial charge in [-0.1, -0.05) is 6.07 Å². The SMILES string of the molecule is COc1cccc(CCNc2c(C#N)c(=O)n(C)c(=O)n2C)n1. The molecular weight excluding hydrogens is 298 g/mol. The van der Waals surface area contributed by atoms with Crippen LogP contribution in [0.3, 0.4) is 0 Å². The van der Waals surface area contributed by atoms with Crippen molar-refractivity contribution in [2.45, 2.75) is 6.42 Å². The molecule has 1 N–H and O–H groups in total. The zero-order chi connectivity index (χ0) is 17.0. The summed E-state index contributed by atoms with van der Waals surface area (Å²) in [6.07, 6.45) is 0.547. The maximum Gasteiger partial charge on any atom is 0.332 e. The Hall–Kier alpha value is -3.08. The van der Waals surface area contributed by atoms with E-state index in [1.165, 1.54) is 18.7 Å². The first-order chi connectivity index (χ1) is 11.0. The van der Waals surface area contributed by atoms with Crippen LogP contribution in [0, 0.1) is 11.3 Å². The van der Waals surface area contributed by atoms with Gasteiger partial charge in [0, 0.05) is 38.8 Å². The Morgan fingerprint density at radius 3 is 2.70 bits per heavy atom. The summed E-state index contributed by atoms with van der Waals surface area (Å²) in [5, 5.41) is 12.1. The van der Waals surface area contributed by atoms with Gasteiger partial charge in [-0.3, -0.25) is 13.9 Å². The Bertz CT molecular complexity index is 876. The number of hydrogen-bond donors (Lipinski definition) is 1. The third-order valence-corrected chi connectivity index (χ3v) is 3.44. The predicted octanol–water partition coefficient (Wildman–Crippen LogP) is 0.0139. The summed E-state index contributed by atoms with van der Waals surface area (Å²) in [4.78, 5) is 28.2. The molecule has 2 aromatic heterocycles. The molecule has 0 aliphatic heterocycles. The highest BCUT2D eigenvalue weighted by atomic mass is 16.5. The maximum atomic E-state index is 12.0.